The van der Waals surface area contributed by atoms with Gasteiger partial charge in [-0.05, 0) is 72.4 Å². The number of aliphatic carboxylic acids is 1. The number of anilines is 2. The molecule has 0 saturated heterocycles. The van der Waals surface area contributed by atoms with Gasteiger partial charge in [0.25, 0.3) is 5.91 Å². The van der Waals surface area contributed by atoms with Gasteiger partial charge in [-0.3, -0.25) is 14.5 Å². The van der Waals surface area contributed by atoms with Crippen molar-refractivity contribution >= 4 is 40.9 Å². The van der Waals surface area contributed by atoms with Gasteiger partial charge in [-0.25, -0.2) is 4.79 Å². The van der Waals surface area contributed by atoms with Crippen molar-refractivity contribution in [2.24, 2.45) is 0 Å². The second kappa shape index (κ2) is 13.6. The molecule has 0 atom stereocenters. The number of hydrogen-bond donors (Lipinski definition) is 3. The van der Waals surface area contributed by atoms with E-state index in [0.29, 0.717) is 28.4 Å². The van der Waals surface area contributed by atoms with Gasteiger partial charge in [-0.2, -0.15) is 5.26 Å². The molecule has 9 heteroatoms. The second-order valence-corrected chi connectivity index (χ2v) is 10.3. The molecule has 0 unspecified atom stereocenters. The fourth-order valence-corrected chi connectivity index (χ4v) is 5.07. The van der Waals surface area contributed by atoms with Crippen molar-refractivity contribution in [1.29, 1.82) is 5.26 Å². The van der Waals surface area contributed by atoms with Crippen molar-refractivity contribution < 1.29 is 19.5 Å². The topological polar surface area (TPSA) is 123 Å². The first-order valence-corrected chi connectivity index (χ1v) is 13.7. The van der Waals surface area contributed by atoms with Gasteiger partial charge in [0.2, 0.25) is 0 Å². The molecule has 3 N–H and O–H groups in total. The summed E-state index contributed by atoms with van der Waals surface area (Å²) in [5.41, 5.74) is 3.97. The number of nitrogens with zero attached hydrogens (tertiary/aromatic N) is 2. The Labute approximate surface area is 238 Å². The minimum atomic E-state index is -0.982. The number of nitriles is 1. The quantitative estimate of drug-likeness (QED) is 0.269. The van der Waals surface area contributed by atoms with E-state index in [1.807, 2.05) is 18.2 Å². The summed E-state index contributed by atoms with van der Waals surface area (Å²) >= 11 is 6.17. The third-order valence-corrected chi connectivity index (χ3v) is 7.36. The zero-order chi connectivity index (χ0) is 28.5. The third-order valence-electron chi connectivity index (χ3n) is 7.05. The van der Waals surface area contributed by atoms with Gasteiger partial charge in [0.1, 0.15) is 6.07 Å². The van der Waals surface area contributed by atoms with E-state index in [-0.39, 0.29) is 36.5 Å². The van der Waals surface area contributed by atoms with E-state index in [0.717, 1.165) is 5.56 Å². The Balaban J connectivity index is 1.53. The molecule has 3 aromatic carbocycles. The number of carboxylic acids is 1. The predicted molar refractivity (Wildman–Crippen MR) is 155 cm³/mol. The zero-order valence-electron chi connectivity index (χ0n) is 22.0. The predicted octanol–water partition coefficient (Wildman–Crippen LogP) is 6.70. The SMILES string of the molecule is N#Cc1ccc(NC(=O)N(Cc2ccc(C(=O)NCCC(=O)O)cc2)c2ccc(C3CCCCC3)cc2)cc1Cl. The maximum absolute atomic E-state index is 13.5. The molecule has 1 aliphatic carbocycles. The summed E-state index contributed by atoms with van der Waals surface area (Å²) in [6.45, 7) is 0.277. The number of nitrogens with one attached hydrogen (secondary N) is 2. The van der Waals surface area contributed by atoms with Crippen molar-refractivity contribution in [3.05, 3.63) is 94.0 Å². The fraction of sp³-hybridized carbons (Fsp3) is 0.290. The number of rotatable bonds is 9. The highest BCUT2D eigenvalue weighted by Gasteiger charge is 2.20. The molecule has 1 fully saturated rings. The van der Waals surface area contributed by atoms with E-state index in [1.165, 1.54) is 37.7 Å². The molecular weight excluding hydrogens is 528 g/mol. The number of urea groups is 1. The molecule has 3 aromatic rings. The van der Waals surface area contributed by atoms with Gasteiger partial charge in [0, 0.05) is 23.5 Å². The molecule has 0 spiro atoms. The number of halogens is 1. The van der Waals surface area contributed by atoms with Crippen LogP contribution in [-0.2, 0) is 11.3 Å². The lowest BCUT2D eigenvalue weighted by molar-refractivity contribution is -0.136. The van der Waals surface area contributed by atoms with Gasteiger partial charge in [0.15, 0.2) is 0 Å². The molecule has 206 valence electrons. The highest BCUT2D eigenvalue weighted by atomic mass is 35.5. The molecule has 1 aliphatic rings. The minimum absolute atomic E-state index is 0.0417. The van der Waals surface area contributed by atoms with Crippen molar-refractivity contribution in [2.75, 3.05) is 16.8 Å². The van der Waals surface area contributed by atoms with Crippen LogP contribution in [0.1, 0.15) is 71.5 Å². The van der Waals surface area contributed by atoms with Crippen molar-refractivity contribution in [2.45, 2.75) is 51.0 Å². The van der Waals surface area contributed by atoms with E-state index in [4.69, 9.17) is 22.0 Å². The number of carboxylic acid groups (broad SMARTS) is 1. The average Bonchev–Trinajstić information content (AvgIpc) is 2.96. The first-order valence-electron chi connectivity index (χ1n) is 13.3. The molecule has 0 aliphatic heterocycles. The van der Waals surface area contributed by atoms with E-state index < -0.39 is 5.97 Å². The Morgan fingerprint density at radius 2 is 1.68 bits per heavy atom. The molecular formula is C31H31ClN4O4. The smallest absolute Gasteiger partial charge is 0.326 e. The second-order valence-electron chi connectivity index (χ2n) is 9.85. The molecule has 3 amide bonds. The minimum Gasteiger partial charge on any atom is -0.481 e. The summed E-state index contributed by atoms with van der Waals surface area (Å²) < 4.78 is 0. The summed E-state index contributed by atoms with van der Waals surface area (Å²) in [5.74, 6) is -0.803. The van der Waals surface area contributed by atoms with Gasteiger partial charge >= 0.3 is 12.0 Å². The largest absolute Gasteiger partial charge is 0.481 e. The molecule has 0 bridgehead atoms. The number of carbonyl (C=O) groups excluding carboxylic acids is 2. The van der Waals surface area contributed by atoms with Crippen LogP contribution in [0.5, 0.6) is 0 Å². The van der Waals surface area contributed by atoms with Crippen LogP contribution in [0.3, 0.4) is 0 Å². The summed E-state index contributed by atoms with van der Waals surface area (Å²) in [6.07, 6.45) is 5.96. The Morgan fingerprint density at radius 3 is 2.30 bits per heavy atom. The third kappa shape index (κ3) is 7.61. The monoisotopic (exact) mass is 558 g/mol. The van der Waals surface area contributed by atoms with E-state index >= 15 is 0 Å². The lowest BCUT2D eigenvalue weighted by Gasteiger charge is -2.26. The van der Waals surface area contributed by atoms with Gasteiger partial charge in [-0.1, -0.05) is 55.1 Å². The highest BCUT2D eigenvalue weighted by Crippen LogP contribution is 2.33. The Kier molecular flexibility index (Phi) is 9.76. The van der Waals surface area contributed by atoms with Gasteiger partial charge in [0.05, 0.1) is 23.6 Å². The Morgan fingerprint density at radius 1 is 0.975 bits per heavy atom. The summed E-state index contributed by atoms with van der Waals surface area (Å²) in [5, 5.41) is 23.6. The first-order chi connectivity index (χ1) is 19.3. The molecule has 1 saturated carbocycles. The lowest BCUT2D eigenvalue weighted by Crippen LogP contribution is -2.34. The van der Waals surface area contributed by atoms with Crippen LogP contribution in [0.2, 0.25) is 5.02 Å². The fourth-order valence-electron chi connectivity index (χ4n) is 4.85. The molecule has 0 aromatic heterocycles. The Bertz CT molecular complexity index is 1390. The van der Waals surface area contributed by atoms with Gasteiger partial charge < -0.3 is 15.7 Å². The average molecular weight is 559 g/mol. The number of carbonyl (C=O) groups is 3. The molecule has 0 heterocycles. The van der Waals surface area contributed by atoms with Crippen LogP contribution < -0.4 is 15.5 Å². The lowest BCUT2D eigenvalue weighted by atomic mass is 9.84. The number of amides is 3. The number of benzene rings is 3. The van der Waals surface area contributed by atoms with Crippen LogP contribution >= 0.6 is 11.6 Å². The standard InChI is InChI=1S/C31H31ClN4O4/c32-28-18-26(13-10-25(28)19-33)35-31(40)36(27-14-11-23(12-15-27)22-4-2-1-3-5-22)20-21-6-8-24(9-7-21)30(39)34-17-16-29(37)38/h6-15,18,22H,1-5,16-17,20H2,(H,34,39)(H,35,40)(H,37,38). The first kappa shape index (κ1) is 28.7. The summed E-state index contributed by atoms with van der Waals surface area (Å²) in [6, 6.07) is 21.3. The van der Waals surface area contributed by atoms with Crippen LogP contribution in [-0.4, -0.2) is 29.6 Å². The van der Waals surface area contributed by atoms with E-state index in [9.17, 15) is 14.4 Å². The summed E-state index contributed by atoms with van der Waals surface area (Å²) in [4.78, 5) is 38.1. The molecule has 4 rings (SSSR count). The van der Waals surface area contributed by atoms with Crippen molar-refractivity contribution in [3.63, 3.8) is 0 Å². The van der Waals surface area contributed by atoms with Gasteiger partial charge in [-0.15, -0.1) is 0 Å². The Hall–Kier alpha value is -4.35. The molecule has 40 heavy (non-hydrogen) atoms. The molecule has 8 nitrogen and oxygen atoms in total. The normalized spacial score (nSPS) is 13.2. The zero-order valence-corrected chi connectivity index (χ0v) is 22.8. The maximum Gasteiger partial charge on any atom is 0.326 e. The van der Waals surface area contributed by atoms with Crippen LogP contribution in [0.25, 0.3) is 0 Å². The molecule has 0 radical (unpaired) electrons. The summed E-state index contributed by atoms with van der Waals surface area (Å²) in [7, 11) is 0. The van der Waals surface area contributed by atoms with E-state index in [1.54, 1.807) is 47.4 Å². The maximum atomic E-state index is 13.5. The van der Waals surface area contributed by atoms with Crippen LogP contribution in [0.4, 0.5) is 16.2 Å². The number of hydrogen-bond acceptors (Lipinski definition) is 4. The van der Waals surface area contributed by atoms with Crippen LogP contribution in [0.15, 0.2) is 66.7 Å². The van der Waals surface area contributed by atoms with E-state index in [2.05, 4.69) is 22.8 Å². The van der Waals surface area contributed by atoms with Crippen molar-refractivity contribution in [1.82, 2.24) is 5.32 Å². The van der Waals surface area contributed by atoms with Crippen LogP contribution in [0, 0.1) is 11.3 Å². The highest BCUT2D eigenvalue weighted by molar-refractivity contribution is 6.32. The van der Waals surface area contributed by atoms with Crippen molar-refractivity contribution in [3.8, 4) is 6.07 Å².